The van der Waals surface area contributed by atoms with Gasteiger partial charge in [-0.25, -0.2) is 0 Å². The summed E-state index contributed by atoms with van der Waals surface area (Å²) in [4.78, 5) is 47.1. The number of carbonyl (C=O) groups is 2. The van der Waals surface area contributed by atoms with Crippen molar-refractivity contribution in [2.24, 2.45) is 5.92 Å². The van der Waals surface area contributed by atoms with E-state index >= 15 is 0 Å². The number of fused-ring (bicyclic) bond motifs is 2. The van der Waals surface area contributed by atoms with Crippen LogP contribution < -0.4 is 0 Å². The number of aromatic nitrogens is 6. The molecule has 0 saturated carbocycles. The molecule has 0 aliphatic rings. The van der Waals surface area contributed by atoms with E-state index in [0.717, 1.165) is 109 Å². The molecule has 646 valence electrons. The maximum Gasteiger partial charge on any atom is 0.155 e. The van der Waals surface area contributed by atoms with Gasteiger partial charge in [-0.15, -0.1) is 213 Å². The van der Waals surface area contributed by atoms with Crippen molar-refractivity contribution in [2.75, 3.05) is 0 Å². The molecule has 0 saturated heterocycles. The standard InChI is InChI=1S/C21H22N.C20H20N.2C19H16N.2C11H8N.2C5H8O2.4Ir/c1-14(2)10-17-6-5-7-21-19(17)8-9-20(22-21)18-12-15(3)11-16(4)13-18;1-4-5-16-6-7-17-8-9-19(21-20(17)13-16)18-11-14(2)10-15(3)12-18;2*1-14-10-15(2)12-18(11-14)17-8-9-20-19(13-17)16-6-4-3-5-7-16;2*1-2-6-10(7-3-1)11-8-4-5-9-12-11;2*1-4(6)3-5(2)7;;;;/h5-9,11-12,14H,10H2,1-4H3;6-11,13H,4-5H2,1-3H3;2*3-6,8-13H,1-2H3;2*1-6,8-9H;2*3,6H,1-2H3;;;;/q6*-1;;;;;;. The second-order valence-electron chi connectivity index (χ2n) is 30.2. The summed E-state index contributed by atoms with van der Waals surface area (Å²) < 4.78 is 0. The Bertz CT molecular complexity index is 5680. The van der Waals surface area contributed by atoms with Gasteiger partial charge in [-0.05, 0) is 183 Å². The second-order valence-corrected chi connectivity index (χ2v) is 30.2. The van der Waals surface area contributed by atoms with E-state index < -0.39 is 0 Å². The van der Waals surface area contributed by atoms with Crippen LogP contribution in [0.2, 0.25) is 0 Å². The number of aliphatic hydroxyl groups is 2. The number of aliphatic hydroxyl groups excluding tert-OH is 2. The number of hydrogen-bond acceptors (Lipinski definition) is 10. The van der Waals surface area contributed by atoms with E-state index in [-0.39, 0.29) is 104 Å². The Labute approximate surface area is 794 Å². The van der Waals surface area contributed by atoms with Gasteiger partial charge in [0.2, 0.25) is 0 Å². The average Bonchev–Trinajstić information content (AvgIpc) is 0.797. The molecule has 6 aromatic heterocycles. The molecule has 2 N–H and O–H groups in total. The van der Waals surface area contributed by atoms with E-state index in [1.807, 2.05) is 146 Å². The van der Waals surface area contributed by atoms with Crippen LogP contribution in [0.4, 0.5) is 0 Å². The van der Waals surface area contributed by atoms with Crippen LogP contribution >= 0.6 is 0 Å². The summed E-state index contributed by atoms with van der Waals surface area (Å²) >= 11 is 0. The first-order valence-electron chi connectivity index (χ1n) is 40.7. The van der Waals surface area contributed by atoms with Crippen LogP contribution in [0.15, 0.2) is 328 Å². The predicted molar refractivity (Wildman–Crippen MR) is 502 cm³/mol. The Morgan fingerprint density at radius 2 is 0.736 bits per heavy atom. The molecular weight excluding hydrogens is 2250 g/mol. The van der Waals surface area contributed by atoms with Crippen molar-refractivity contribution in [2.45, 2.75) is 123 Å². The molecule has 0 spiro atoms. The topological polar surface area (TPSA) is 152 Å². The quantitative estimate of drug-likeness (QED) is 0.0611. The molecule has 125 heavy (non-hydrogen) atoms. The van der Waals surface area contributed by atoms with Gasteiger partial charge in [-0.3, -0.25) is 19.6 Å². The Hall–Kier alpha value is -11.4. The second kappa shape index (κ2) is 54.4. The first-order valence-corrected chi connectivity index (χ1v) is 40.7. The van der Waals surface area contributed by atoms with E-state index in [1.165, 1.54) is 117 Å². The monoisotopic (exact) mass is 2360 g/mol. The van der Waals surface area contributed by atoms with E-state index in [9.17, 15) is 9.59 Å². The van der Waals surface area contributed by atoms with Crippen molar-refractivity contribution < 1.29 is 100 Å². The minimum atomic E-state index is -0.125. The number of pyridine rings is 6. The fourth-order valence-corrected chi connectivity index (χ4v) is 13.5. The first kappa shape index (κ1) is 104. The van der Waals surface area contributed by atoms with Gasteiger partial charge in [0.15, 0.2) is 11.6 Å². The van der Waals surface area contributed by atoms with Crippen molar-refractivity contribution in [3.63, 3.8) is 0 Å². The van der Waals surface area contributed by atoms with Crippen molar-refractivity contribution in [1.82, 2.24) is 29.9 Å². The summed E-state index contributed by atoms with van der Waals surface area (Å²) in [6, 6.07) is 115. The molecule has 14 heteroatoms. The molecular formula is C111H106Ir4N6O4-6. The number of rotatable bonds is 14. The maximum absolute atomic E-state index is 10.0. The Kier molecular flexibility index (Phi) is 45.3. The van der Waals surface area contributed by atoms with Crippen LogP contribution in [0.5, 0.6) is 0 Å². The summed E-state index contributed by atoms with van der Waals surface area (Å²) in [5.41, 5.74) is 31.9. The molecule has 0 unspecified atom stereocenters. The zero-order chi connectivity index (χ0) is 86.6. The number of carbonyl (C=O) groups excluding carboxylic acids is 2. The molecule has 6 heterocycles. The van der Waals surface area contributed by atoms with Crippen LogP contribution in [0.1, 0.15) is 111 Å². The summed E-state index contributed by atoms with van der Waals surface area (Å²) in [7, 11) is 0. The molecule has 0 aliphatic carbocycles. The van der Waals surface area contributed by atoms with Gasteiger partial charge in [0.05, 0.1) is 22.6 Å². The summed E-state index contributed by atoms with van der Waals surface area (Å²) in [5, 5.41) is 19.2. The number of hydrogen-bond donors (Lipinski definition) is 2. The van der Waals surface area contributed by atoms with Gasteiger partial charge >= 0.3 is 0 Å². The van der Waals surface area contributed by atoms with Crippen molar-refractivity contribution >= 4 is 33.4 Å². The SMILES string of the molecule is CC(=O)C=C(C)O.CC(=O)C=C(C)O.CCCc1ccc2ccc(-c3[c-]c(C)cc(C)c3)nc2c1.Cc1[c-]c(-c2ccc3c(CC(C)C)cccc3n2)cc(C)c1.Cc1cc(C)cc(-c2ccnc(-c3[c-]cccc3)c2)c1.Cc1cc(C)cc(-c2ccnc(-c3[c-]cccc3)c2)c1.[Ir].[Ir].[Ir].[Ir].[c-]1ccccc1-c1ccccn1.[c-]1ccccc1-c1ccccn1. The van der Waals surface area contributed by atoms with E-state index in [4.69, 9.17) is 20.2 Å². The normalized spacial score (nSPS) is 10.3. The summed E-state index contributed by atoms with van der Waals surface area (Å²) in [5.74, 6) is 0.526. The van der Waals surface area contributed by atoms with Gasteiger partial charge in [0.25, 0.3) is 0 Å². The Morgan fingerprint density at radius 3 is 1.10 bits per heavy atom. The molecule has 16 rings (SSSR count). The summed E-state index contributed by atoms with van der Waals surface area (Å²) in [6.07, 6.45) is 13.0. The zero-order valence-electron chi connectivity index (χ0n) is 73.4. The predicted octanol–water partition coefficient (Wildman–Crippen LogP) is 27.6. The number of nitrogens with zero attached hydrogens (tertiary/aromatic N) is 6. The number of allylic oxidation sites excluding steroid dienone is 4. The third kappa shape index (κ3) is 35.7. The average molecular weight is 2360 g/mol. The number of benzene rings is 10. The van der Waals surface area contributed by atoms with Gasteiger partial charge in [-0.2, -0.15) is 0 Å². The van der Waals surface area contributed by atoms with Crippen molar-refractivity contribution in [3.8, 4) is 89.8 Å². The van der Waals surface area contributed by atoms with Crippen molar-refractivity contribution in [3.05, 3.63) is 420 Å². The fourth-order valence-electron chi connectivity index (χ4n) is 13.5. The molecule has 0 fully saturated rings. The Balaban J connectivity index is 0.000000259. The minimum Gasteiger partial charge on any atom is -0.512 e. The smallest absolute Gasteiger partial charge is 0.155 e. The molecule has 16 aromatic rings. The molecule has 0 amide bonds. The third-order valence-electron chi connectivity index (χ3n) is 18.3. The van der Waals surface area contributed by atoms with Crippen molar-refractivity contribution in [1.29, 1.82) is 0 Å². The van der Waals surface area contributed by atoms with Crippen LogP contribution in [0.3, 0.4) is 0 Å². The largest absolute Gasteiger partial charge is 0.512 e. The fraction of sp³-hybridized carbons (Fsp3) is 0.171. The van der Waals surface area contributed by atoms with Gasteiger partial charge in [0, 0.05) is 123 Å². The number of ketones is 2. The van der Waals surface area contributed by atoms with Gasteiger partial charge in [-0.1, -0.05) is 198 Å². The van der Waals surface area contributed by atoms with Gasteiger partial charge < -0.3 is 30.1 Å². The van der Waals surface area contributed by atoms with E-state index in [0.29, 0.717) is 5.92 Å². The molecule has 0 atom stereocenters. The molecule has 10 aromatic carbocycles. The third-order valence-corrected chi connectivity index (χ3v) is 18.3. The van der Waals surface area contributed by atoms with Gasteiger partial charge in [0.1, 0.15) is 0 Å². The minimum absolute atomic E-state index is 0. The maximum atomic E-state index is 10.0. The molecule has 4 radical (unpaired) electrons. The Morgan fingerprint density at radius 1 is 0.352 bits per heavy atom. The van der Waals surface area contributed by atoms with E-state index in [1.54, 1.807) is 12.4 Å². The van der Waals surface area contributed by atoms with E-state index in [2.05, 4.69) is 278 Å². The number of aryl methyl sites for hydroxylation is 9. The van der Waals surface area contributed by atoms with Crippen LogP contribution in [-0.2, 0) is 103 Å². The van der Waals surface area contributed by atoms with Crippen LogP contribution in [0, 0.1) is 97.7 Å². The summed E-state index contributed by atoms with van der Waals surface area (Å²) in [6.45, 7) is 29.3. The molecule has 10 nitrogen and oxygen atoms in total. The molecule has 0 aliphatic heterocycles. The molecule has 0 bridgehead atoms. The first-order chi connectivity index (χ1) is 58.3. The van der Waals surface area contributed by atoms with Crippen LogP contribution in [-0.4, -0.2) is 51.7 Å². The van der Waals surface area contributed by atoms with Crippen LogP contribution in [0.25, 0.3) is 112 Å². The zero-order valence-corrected chi connectivity index (χ0v) is 83.0.